The molecule has 5 heteroatoms. The molecule has 0 amide bonds. The molecule has 0 saturated carbocycles. The van der Waals surface area contributed by atoms with Crippen molar-refractivity contribution in [3.63, 3.8) is 0 Å². The first-order chi connectivity index (χ1) is 11.0. The molecule has 0 bridgehead atoms. The van der Waals surface area contributed by atoms with Crippen LogP contribution in [0.4, 0.5) is 0 Å². The number of carbonyl (C=O) groups excluding carboxylic acids is 1. The standard InChI is InChI=1S/C18H11BrO4/c1-9-4-12(20)7-15-17(9)18(21)16(23-15)8-13-6-10-5-11(19)2-3-14(10)22-13/h2-8,20H,1H3/b16-8-. The second-order valence-electron chi connectivity index (χ2n) is 5.41. The molecule has 3 aromatic rings. The van der Waals surface area contributed by atoms with Gasteiger partial charge in [0.25, 0.3) is 0 Å². The van der Waals surface area contributed by atoms with Crippen molar-refractivity contribution in [3.05, 3.63) is 63.5 Å². The molecule has 2 aromatic carbocycles. The van der Waals surface area contributed by atoms with Gasteiger partial charge in [-0.05, 0) is 42.8 Å². The number of phenols is 1. The number of rotatable bonds is 1. The lowest BCUT2D eigenvalue weighted by molar-refractivity contribution is 0.101. The quantitative estimate of drug-likeness (QED) is 0.623. The van der Waals surface area contributed by atoms with Crippen molar-refractivity contribution < 1.29 is 19.1 Å². The van der Waals surface area contributed by atoms with E-state index >= 15 is 0 Å². The summed E-state index contributed by atoms with van der Waals surface area (Å²) in [4.78, 5) is 12.5. The number of allylic oxidation sites excluding steroid dienone is 1. The predicted molar refractivity (Wildman–Crippen MR) is 89.7 cm³/mol. The van der Waals surface area contributed by atoms with Crippen LogP contribution in [0.5, 0.6) is 11.5 Å². The van der Waals surface area contributed by atoms with E-state index in [0.29, 0.717) is 22.6 Å². The van der Waals surface area contributed by atoms with E-state index in [1.807, 2.05) is 24.3 Å². The first-order valence-electron chi connectivity index (χ1n) is 6.98. The van der Waals surface area contributed by atoms with E-state index in [1.54, 1.807) is 19.1 Å². The number of benzene rings is 2. The Kier molecular flexibility index (Phi) is 3.06. The first-order valence-corrected chi connectivity index (χ1v) is 7.77. The Bertz CT molecular complexity index is 998. The van der Waals surface area contributed by atoms with E-state index in [0.717, 1.165) is 15.4 Å². The summed E-state index contributed by atoms with van der Waals surface area (Å²) in [5.41, 5.74) is 1.90. The summed E-state index contributed by atoms with van der Waals surface area (Å²) >= 11 is 3.41. The van der Waals surface area contributed by atoms with E-state index < -0.39 is 0 Å². The van der Waals surface area contributed by atoms with Gasteiger partial charge < -0.3 is 14.3 Å². The number of fused-ring (bicyclic) bond motifs is 2. The second kappa shape index (κ2) is 4.99. The topological polar surface area (TPSA) is 59.7 Å². The number of phenolic OH excluding ortho intramolecular Hbond substituents is 1. The zero-order valence-electron chi connectivity index (χ0n) is 12.1. The van der Waals surface area contributed by atoms with E-state index in [4.69, 9.17) is 9.15 Å². The van der Waals surface area contributed by atoms with Gasteiger partial charge in [0.05, 0.1) is 5.56 Å². The van der Waals surface area contributed by atoms with E-state index in [9.17, 15) is 9.90 Å². The van der Waals surface area contributed by atoms with Crippen molar-refractivity contribution in [1.82, 2.24) is 0 Å². The number of hydrogen-bond donors (Lipinski definition) is 1. The number of hydrogen-bond acceptors (Lipinski definition) is 4. The zero-order valence-corrected chi connectivity index (χ0v) is 13.7. The third-order valence-corrected chi connectivity index (χ3v) is 4.22. The van der Waals surface area contributed by atoms with E-state index in [1.165, 1.54) is 6.07 Å². The van der Waals surface area contributed by atoms with Gasteiger partial charge in [-0.2, -0.15) is 0 Å². The maximum atomic E-state index is 12.5. The van der Waals surface area contributed by atoms with Crippen LogP contribution in [0.1, 0.15) is 21.7 Å². The smallest absolute Gasteiger partial charge is 0.232 e. The number of aryl methyl sites for hydroxylation is 1. The van der Waals surface area contributed by atoms with Crippen LogP contribution in [-0.4, -0.2) is 10.9 Å². The number of ketones is 1. The Labute approximate surface area is 140 Å². The van der Waals surface area contributed by atoms with Crippen molar-refractivity contribution in [3.8, 4) is 11.5 Å². The Morgan fingerprint density at radius 2 is 2.00 bits per heavy atom. The molecule has 0 atom stereocenters. The summed E-state index contributed by atoms with van der Waals surface area (Å²) in [6.45, 7) is 1.77. The van der Waals surface area contributed by atoms with Crippen LogP contribution in [0.15, 0.2) is 51.0 Å². The molecule has 2 heterocycles. The van der Waals surface area contributed by atoms with Crippen LogP contribution < -0.4 is 4.74 Å². The summed E-state index contributed by atoms with van der Waals surface area (Å²) < 4.78 is 12.2. The second-order valence-corrected chi connectivity index (χ2v) is 6.32. The molecule has 1 aliphatic rings. The highest BCUT2D eigenvalue weighted by atomic mass is 79.9. The Balaban J connectivity index is 1.77. The molecule has 0 fully saturated rings. The Morgan fingerprint density at radius 3 is 2.83 bits per heavy atom. The molecule has 0 unspecified atom stereocenters. The molecule has 1 aliphatic heterocycles. The molecule has 114 valence electrons. The minimum Gasteiger partial charge on any atom is -0.508 e. The van der Waals surface area contributed by atoms with Crippen molar-refractivity contribution in [2.45, 2.75) is 6.92 Å². The van der Waals surface area contributed by atoms with Crippen LogP contribution in [0.2, 0.25) is 0 Å². The summed E-state index contributed by atoms with van der Waals surface area (Å²) in [5.74, 6) is 0.962. The predicted octanol–water partition coefficient (Wildman–Crippen LogP) is 4.83. The number of furan rings is 1. The third-order valence-electron chi connectivity index (χ3n) is 3.73. The molecular formula is C18H11BrO4. The third kappa shape index (κ3) is 2.33. The van der Waals surface area contributed by atoms with Gasteiger partial charge in [0.15, 0.2) is 5.76 Å². The van der Waals surface area contributed by atoms with Crippen LogP contribution in [-0.2, 0) is 0 Å². The number of carbonyl (C=O) groups is 1. The number of Topliss-reactive ketones (excluding diaryl/α,β-unsaturated/α-hetero) is 1. The molecule has 0 saturated heterocycles. The summed E-state index contributed by atoms with van der Waals surface area (Å²) in [5, 5.41) is 10.6. The van der Waals surface area contributed by atoms with Crippen LogP contribution in [0.25, 0.3) is 17.0 Å². The summed E-state index contributed by atoms with van der Waals surface area (Å²) in [7, 11) is 0. The number of aromatic hydroxyl groups is 1. The van der Waals surface area contributed by atoms with Gasteiger partial charge in [0.1, 0.15) is 22.8 Å². The van der Waals surface area contributed by atoms with Gasteiger partial charge in [-0.15, -0.1) is 0 Å². The maximum absolute atomic E-state index is 12.5. The Morgan fingerprint density at radius 1 is 1.17 bits per heavy atom. The first kappa shape index (κ1) is 14.1. The van der Waals surface area contributed by atoms with Gasteiger partial charge in [-0.3, -0.25) is 4.79 Å². The molecular weight excluding hydrogens is 360 g/mol. The average molecular weight is 371 g/mol. The van der Waals surface area contributed by atoms with E-state index in [-0.39, 0.29) is 17.3 Å². The van der Waals surface area contributed by atoms with Gasteiger partial charge in [0.2, 0.25) is 5.78 Å². The van der Waals surface area contributed by atoms with Crippen LogP contribution in [0, 0.1) is 6.92 Å². The lowest BCUT2D eigenvalue weighted by atomic mass is 10.0. The molecule has 0 spiro atoms. The van der Waals surface area contributed by atoms with Crippen molar-refractivity contribution in [1.29, 1.82) is 0 Å². The number of ether oxygens (including phenoxy) is 1. The summed E-state index contributed by atoms with van der Waals surface area (Å²) in [6, 6.07) is 10.5. The largest absolute Gasteiger partial charge is 0.508 e. The molecule has 23 heavy (non-hydrogen) atoms. The normalized spacial score (nSPS) is 15.2. The fourth-order valence-electron chi connectivity index (χ4n) is 2.73. The van der Waals surface area contributed by atoms with Gasteiger partial charge >= 0.3 is 0 Å². The fraction of sp³-hybridized carbons (Fsp3) is 0.0556. The molecule has 4 rings (SSSR count). The number of halogens is 1. The lowest BCUT2D eigenvalue weighted by Crippen LogP contribution is -1.99. The minimum atomic E-state index is -0.209. The zero-order chi connectivity index (χ0) is 16.1. The van der Waals surface area contributed by atoms with Crippen molar-refractivity contribution in [2.24, 2.45) is 0 Å². The fourth-order valence-corrected chi connectivity index (χ4v) is 3.10. The van der Waals surface area contributed by atoms with Crippen LogP contribution >= 0.6 is 15.9 Å². The average Bonchev–Trinajstić information content (AvgIpc) is 3.00. The van der Waals surface area contributed by atoms with E-state index in [2.05, 4.69) is 15.9 Å². The highest BCUT2D eigenvalue weighted by molar-refractivity contribution is 9.10. The SMILES string of the molecule is Cc1cc(O)cc2c1C(=O)/C(=C/c1cc3cc(Br)ccc3o1)O2. The highest BCUT2D eigenvalue weighted by Crippen LogP contribution is 2.37. The van der Waals surface area contributed by atoms with Crippen molar-refractivity contribution >= 4 is 38.8 Å². The van der Waals surface area contributed by atoms with Crippen LogP contribution in [0.3, 0.4) is 0 Å². The van der Waals surface area contributed by atoms with Gasteiger partial charge in [0, 0.05) is 22.0 Å². The molecule has 0 radical (unpaired) electrons. The minimum absolute atomic E-state index is 0.0730. The van der Waals surface area contributed by atoms with Crippen molar-refractivity contribution in [2.75, 3.05) is 0 Å². The molecule has 1 aromatic heterocycles. The molecule has 0 aliphatic carbocycles. The Hall–Kier alpha value is -2.53. The van der Waals surface area contributed by atoms with Gasteiger partial charge in [-0.25, -0.2) is 0 Å². The maximum Gasteiger partial charge on any atom is 0.232 e. The molecule has 1 N–H and O–H groups in total. The monoisotopic (exact) mass is 370 g/mol. The van der Waals surface area contributed by atoms with Gasteiger partial charge in [-0.1, -0.05) is 15.9 Å². The summed E-state index contributed by atoms with van der Waals surface area (Å²) in [6.07, 6.45) is 1.58. The highest BCUT2D eigenvalue weighted by Gasteiger charge is 2.30. The molecule has 4 nitrogen and oxygen atoms in total. The lowest BCUT2D eigenvalue weighted by Gasteiger charge is -2.00.